The minimum atomic E-state index is -0.523. The van der Waals surface area contributed by atoms with Gasteiger partial charge in [-0.15, -0.1) is 0 Å². The number of nitro groups is 1. The number of nitrogens with one attached hydrogen (secondary N) is 1. The zero-order valence-electron chi connectivity index (χ0n) is 11.0. The summed E-state index contributed by atoms with van der Waals surface area (Å²) in [6.07, 6.45) is 5.84. The Morgan fingerprint density at radius 2 is 2.05 bits per heavy atom. The van der Waals surface area contributed by atoms with Crippen molar-refractivity contribution in [3.8, 4) is 6.07 Å². The lowest BCUT2D eigenvalue weighted by molar-refractivity contribution is -0.385. The molecule has 0 spiro atoms. The monoisotopic (exact) mass is 259 g/mol. The molecule has 0 amide bonds. The molecule has 19 heavy (non-hydrogen) atoms. The van der Waals surface area contributed by atoms with Crippen LogP contribution < -0.4 is 5.32 Å². The predicted octanol–water partition coefficient (Wildman–Crippen LogP) is 3.60. The molecule has 100 valence electrons. The third-order valence-electron chi connectivity index (χ3n) is 3.72. The van der Waals surface area contributed by atoms with E-state index >= 15 is 0 Å². The SMILES string of the molecule is CC1(Nc2ccc([N+](=O)[O-])c(C#N)c2)CCCCC1. The van der Waals surface area contributed by atoms with Gasteiger partial charge in [0.05, 0.1) is 4.92 Å². The van der Waals surface area contributed by atoms with Crippen molar-refractivity contribution < 1.29 is 4.92 Å². The van der Waals surface area contributed by atoms with Gasteiger partial charge in [-0.3, -0.25) is 10.1 Å². The fraction of sp³-hybridized carbons (Fsp3) is 0.500. The number of hydrogen-bond acceptors (Lipinski definition) is 4. The Morgan fingerprint density at radius 3 is 2.63 bits per heavy atom. The lowest BCUT2D eigenvalue weighted by atomic mass is 9.83. The summed E-state index contributed by atoms with van der Waals surface area (Å²) >= 11 is 0. The molecule has 0 atom stereocenters. The van der Waals surface area contributed by atoms with Gasteiger partial charge in [0, 0.05) is 17.3 Å². The van der Waals surface area contributed by atoms with Crippen LogP contribution in [-0.2, 0) is 0 Å². The Morgan fingerprint density at radius 1 is 1.37 bits per heavy atom. The van der Waals surface area contributed by atoms with E-state index in [1.807, 2.05) is 6.07 Å². The van der Waals surface area contributed by atoms with E-state index in [1.54, 1.807) is 12.1 Å². The summed E-state index contributed by atoms with van der Waals surface area (Å²) in [5.74, 6) is 0. The van der Waals surface area contributed by atoms with Gasteiger partial charge in [-0.05, 0) is 31.9 Å². The molecule has 1 N–H and O–H groups in total. The number of nitrogens with zero attached hydrogens (tertiary/aromatic N) is 2. The molecular formula is C14H17N3O2. The molecule has 5 nitrogen and oxygen atoms in total. The smallest absolute Gasteiger partial charge is 0.287 e. The first-order chi connectivity index (χ1) is 9.04. The molecule has 1 aliphatic carbocycles. The van der Waals surface area contributed by atoms with Crippen LogP contribution in [0.2, 0.25) is 0 Å². The molecule has 0 aromatic heterocycles. The molecule has 1 aliphatic rings. The summed E-state index contributed by atoms with van der Waals surface area (Å²) in [7, 11) is 0. The summed E-state index contributed by atoms with van der Waals surface area (Å²) in [5, 5.41) is 23.2. The van der Waals surface area contributed by atoms with E-state index in [4.69, 9.17) is 5.26 Å². The Labute approximate surface area is 112 Å². The van der Waals surface area contributed by atoms with E-state index in [9.17, 15) is 10.1 Å². The third kappa shape index (κ3) is 3.02. The number of nitro benzene ring substituents is 1. The largest absolute Gasteiger partial charge is 0.380 e. The second kappa shape index (κ2) is 5.27. The van der Waals surface area contributed by atoms with Gasteiger partial charge in [0.15, 0.2) is 0 Å². The van der Waals surface area contributed by atoms with Gasteiger partial charge in [-0.25, -0.2) is 0 Å². The molecule has 0 bridgehead atoms. The van der Waals surface area contributed by atoms with E-state index in [1.165, 1.54) is 25.3 Å². The fourth-order valence-corrected chi connectivity index (χ4v) is 2.67. The fourth-order valence-electron chi connectivity index (χ4n) is 2.67. The highest BCUT2D eigenvalue weighted by Gasteiger charge is 2.26. The molecule has 0 aliphatic heterocycles. The highest BCUT2D eigenvalue weighted by atomic mass is 16.6. The minimum absolute atomic E-state index is 0.0289. The van der Waals surface area contributed by atoms with Crippen molar-refractivity contribution >= 4 is 11.4 Å². The zero-order valence-corrected chi connectivity index (χ0v) is 11.0. The predicted molar refractivity (Wildman–Crippen MR) is 72.9 cm³/mol. The van der Waals surface area contributed by atoms with Crippen molar-refractivity contribution in [2.75, 3.05) is 5.32 Å². The summed E-state index contributed by atoms with van der Waals surface area (Å²) in [6, 6.07) is 6.53. The van der Waals surface area contributed by atoms with Gasteiger partial charge < -0.3 is 5.32 Å². The number of rotatable bonds is 3. The highest BCUT2D eigenvalue weighted by Crippen LogP contribution is 2.32. The normalized spacial score (nSPS) is 17.5. The van der Waals surface area contributed by atoms with Gasteiger partial charge in [0.2, 0.25) is 0 Å². The first-order valence-corrected chi connectivity index (χ1v) is 6.51. The van der Waals surface area contributed by atoms with Crippen molar-refractivity contribution in [2.24, 2.45) is 0 Å². The molecule has 0 unspecified atom stereocenters. The van der Waals surface area contributed by atoms with Crippen LogP contribution in [0.4, 0.5) is 11.4 Å². The lowest BCUT2D eigenvalue weighted by Crippen LogP contribution is -2.36. The van der Waals surface area contributed by atoms with E-state index < -0.39 is 4.92 Å². The van der Waals surface area contributed by atoms with E-state index in [0.717, 1.165) is 18.5 Å². The van der Waals surface area contributed by atoms with Crippen molar-refractivity contribution in [2.45, 2.75) is 44.6 Å². The average molecular weight is 259 g/mol. The van der Waals surface area contributed by atoms with E-state index in [-0.39, 0.29) is 16.8 Å². The van der Waals surface area contributed by atoms with Gasteiger partial charge >= 0.3 is 0 Å². The topological polar surface area (TPSA) is 79.0 Å². The van der Waals surface area contributed by atoms with E-state index in [2.05, 4.69) is 12.2 Å². The van der Waals surface area contributed by atoms with Crippen LogP contribution in [-0.4, -0.2) is 10.5 Å². The van der Waals surface area contributed by atoms with Gasteiger partial charge in [0.25, 0.3) is 5.69 Å². The Bertz CT molecular complexity index is 528. The summed E-state index contributed by atoms with van der Waals surface area (Å²) in [6.45, 7) is 2.17. The molecule has 0 radical (unpaired) electrons. The maximum Gasteiger partial charge on any atom is 0.287 e. The summed E-state index contributed by atoms with van der Waals surface area (Å²) < 4.78 is 0. The number of benzene rings is 1. The molecule has 5 heteroatoms. The molecule has 1 saturated carbocycles. The quantitative estimate of drug-likeness (QED) is 0.664. The van der Waals surface area contributed by atoms with Crippen LogP contribution in [0, 0.1) is 21.4 Å². The van der Waals surface area contributed by atoms with Crippen LogP contribution in [0.3, 0.4) is 0 Å². The van der Waals surface area contributed by atoms with Crippen LogP contribution in [0.15, 0.2) is 18.2 Å². The number of anilines is 1. The molecule has 1 aromatic carbocycles. The van der Waals surface area contributed by atoms with E-state index in [0.29, 0.717) is 0 Å². The average Bonchev–Trinajstić information content (AvgIpc) is 2.38. The maximum atomic E-state index is 10.8. The molecule has 2 rings (SSSR count). The third-order valence-corrected chi connectivity index (χ3v) is 3.72. The maximum absolute atomic E-state index is 10.8. The number of hydrogen-bond donors (Lipinski definition) is 1. The lowest BCUT2D eigenvalue weighted by Gasteiger charge is -2.35. The summed E-state index contributed by atoms with van der Waals surface area (Å²) in [4.78, 5) is 10.3. The summed E-state index contributed by atoms with van der Waals surface area (Å²) in [5.41, 5.74) is 0.781. The van der Waals surface area contributed by atoms with Crippen LogP contribution in [0.25, 0.3) is 0 Å². The molecule has 0 saturated heterocycles. The Balaban J connectivity index is 2.22. The van der Waals surface area contributed by atoms with Crippen molar-refractivity contribution in [3.05, 3.63) is 33.9 Å². The van der Waals surface area contributed by atoms with Crippen LogP contribution in [0.1, 0.15) is 44.6 Å². The van der Waals surface area contributed by atoms with Gasteiger partial charge in [-0.2, -0.15) is 5.26 Å². The molecule has 1 aromatic rings. The molecule has 1 fully saturated rings. The highest BCUT2D eigenvalue weighted by molar-refractivity contribution is 5.59. The van der Waals surface area contributed by atoms with Crippen molar-refractivity contribution in [1.82, 2.24) is 0 Å². The Hall–Kier alpha value is -2.09. The van der Waals surface area contributed by atoms with Gasteiger partial charge in [0.1, 0.15) is 11.6 Å². The molecular weight excluding hydrogens is 242 g/mol. The number of nitriles is 1. The molecule has 0 heterocycles. The second-order valence-electron chi connectivity index (χ2n) is 5.35. The standard InChI is InChI=1S/C14H17N3O2/c1-14(7-3-2-4-8-14)16-12-5-6-13(17(18)19)11(9-12)10-15/h5-6,9,16H,2-4,7-8H2,1H3. The van der Waals surface area contributed by atoms with Crippen LogP contribution in [0.5, 0.6) is 0 Å². The Kier molecular flexibility index (Phi) is 3.70. The minimum Gasteiger partial charge on any atom is -0.380 e. The van der Waals surface area contributed by atoms with Gasteiger partial charge in [-0.1, -0.05) is 19.3 Å². The van der Waals surface area contributed by atoms with Crippen molar-refractivity contribution in [3.63, 3.8) is 0 Å². The first-order valence-electron chi connectivity index (χ1n) is 6.51. The van der Waals surface area contributed by atoms with Crippen LogP contribution >= 0.6 is 0 Å². The second-order valence-corrected chi connectivity index (χ2v) is 5.35. The first kappa shape index (κ1) is 13.3. The zero-order chi connectivity index (χ0) is 13.9. The van der Waals surface area contributed by atoms with Crippen molar-refractivity contribution in [1.29, 1.82) is 5.26 Å².